The van der Waals surface area contributed by atoms with Crippen LogP contribution in [0.5, 0.6) is 0 Å². The highest BCUT2D eigenvalue weighted by Gasteiger charge is 2.16. The second-order valence-electron chi connectivity index (χ2n) is 4.56. The summed E-state index contributed by atoms with van der Waals surface area (Å²) in [4.78, 5) is 11.8. The lowest BCUT2D eigenvalue weighted by Crippen LogP contribution is -2.32. The molecule has 1 aliphatic rings. The maximum atomic E-state index is 11.8. The highest BCUT2D eigenvalue weighted by atomic mass is 32.2. The topological polar surface area (TPSA) is 54.3 Å². The summed E-state index contributed by atoms with van der Waals surface area (Å²) >= 11 is 1.76. The number of rotatable bonds is 5. The third kappa shape index (κ3) is 4.07. The summed E-state index contributed by atoms with van der Waals surface area (Å²) < 4.78 is 5.26. The lowest BCUT2D eigenvalue weighted by atomic mass is 10.2. The van der Waals surface area contributed by atoms with E-state index in [1.165, 1.54) is 0 Å². The van der Waals surface area contributed by atoms with Crippen molar-refractivity contribution < 1.29 is 9.21 Å². The molecule has 0 bridgehead atoms. The summed E-state index contributed by atoms with van der Waals surface area (Å²) in [5.41, 5.74) is 0. The molecule has 2 heterocycles. The number of nitrogens with one attached hydrogen (secondary N) is 2. The van der Waals surface area contributed by atoms with Crippen molar-refractivity contribution in [2.24, 2.45) is 0 Å². The first-order valence-corrected chi connectivity index (χ1v) is 7.45. The zero-order valence-electron chi connectivity index (χ0n) is 10.6. The molecule has 0 spiro atoms. The molecule has 0 unspecified atom stereocenters. The first-order valence-electron chi connectivity index (χ1n) is 6.41. The van der Waals surface area contributed by atoms with Gasteiger partial charge in [0, 0.05) is 5.25 Å². The molecule has 1 saturated heterocycles. The minimum Gasteiger partial charge on any atom is -0.467 e. The average molecular weight is 268 g/mol. The lowest BCUT2D eigenvalue weighted by Gasteiger charge is -2.22. The largest absolute Gasteiger partial charge is 0.467 e. The Kier molecular flexibility index (Phi) is 5.13. The lowest BCUT2D eigenvalue weighted by molar-refractivity contribution is -0.119. The monoisotopic (exact) mass is 268 g/mol. The molecule has 2 rings (SSSR count). The van der Waals surface area contributed by atoms with E-state index in [4.69, 9.17) is 4.42 Å². The summed E-state index contributed by atoms with van der Waals surface area (Å²) in [6, 6.07) is 3.66. The van der Waals surface area contributed by atoms with Crippen molar-refractivity contribution in [3.8, 4) is 0 Å². The van der Waals surface area contributed by atoms with Gasteiger partial charge in [0.2, 0.25) is 5.91 Å². The van der Waals surface area contributed by atoms with Gasteiger partial charge in [0.15, 0.2) is 0 Å². The molecule has 0 saturated carbocycles. The summed E-state index contributed by atoms with van der Waals surface area (Å²) in [6.07, 6.45) is 3.94. The zero-order chi connectivity index (χ0) is 12.8. The first kappa shape index (κ1) is 13.5. The molecule has 100 valence electrons. The fraction of sp³-hybridized carbons (Fsp3) is 0.615. The van der Waals surface area contributed by atoms with Gasteiger partial charge in [-0.3, -0.25) is 4.79 Å². The van der Waals surface area contributed by atoms with Crippen molar-refractivity contribution in [2.45, 2.75) is 31.1 Å². The Bertz CT molecular complexity index is 361. The van der Waals surface area contributed by atoms with Crippen LogP contribution in [0, 0.1) is 0 Å². The van der Waals surface area contributed by atoms with E-state index in [2.05, 4.69) is 10.6 Å². The second-order valence-corrected chi connectivity index (χ2v) is 5.85. The molecule has 0 radical (unpaired) electrons. The molecule has 5 heteroatoms. The van der Waals surface area contributed by atoms with Crippen molar-refractivity contribution >= 4 is 17.7 Å². The van der Waals surface area contributed by atoms with Crippen molar-refractivity contribution in [1.82, 2.24) is 10.6 Å². The van der Waals surface area contributed by atoms with E-state index in [-0.39, 0.29) is 11.9 Å². The van der Waals surface area contributed by atoms with Crippen LogP contribution in [-0.4, -0.2) is 30.0 Å². The molecule has 1 aromatic heterocycles. The third-order valence-corrected chi connectivity index (χ3v) is 4.46. The molecule has 18 heavy (non-hydrogen) atoms. The Morgan fingerprint density at radius 3 is 3.06 bits per heavy atom. The summed E-state index contributed by atoms with van der Waals surface area (Å²) in [7, 11) is 0. The second kappa shape index (κ2) is 6.85. The van der Waals surface area contributed by atoms with Crippen LogP contribution in [0.1, 0.15) is 31.6 Å². The van der Waals surface area contributed by atoms with Gasteiger partial charge >= 0.3 is 0 Å². The van der Waals surface area contributed by atoms with Gasteiger partial charge < -0.3 is 15.1 Å². The standard InChI is InChI=1S/C13H20N2O2S/c1-10(12-3-2-8-17-12)15-13(16)9-18-11-4-6-14-7-5-11/h2-3,8,10-11,14H,4-7,9H2,1H3,(H,15,16)/t10-/m0/s1. The molecule has 1 atom stereocenters. The maximum absolute atomic E-state index is 11.8. The third-order valence-electron chi connectivity index (χ3n) is 3.08. The van der Waals surface area contributed by atoms with Crippen LogP contribution in [0.2, 0.25) is 0 Å². The number of piperidine rings is 1. The van der Waals surface area contributed by atoms with E-state index in [1.807, 2.05) is 19.1 Å². The molecular formula is C13H20N2O2S. The minimum atomic E-state index is -0.0545. The highest BCUT2D eigenvalue weighted by Crippen LogP contribution is 2.20. The van der Waals surface area contributed by atoms with Crippen molar-refractivity contribution in [3.05, 3.63) is 24.2 Å². The van der Waals surface area contributed by atoms with Crippen LogP contribution < -0.4 is 10.6 Å². The molecule has 2 N–H and O–H groups in total. The number of hydrogen-bond donors (Lipinski definition) is 2. The number of furan rings is 1. The Morgan fingerprint density at radius 1 is 1.61 bits per heavy atom. The van der Waals surface area contributed by atoms with Crippen molar-refractivity contribution in [1.29, 1.82) is 0 Å². The van der Waals surface area contributed by atoms with Gasteiger partial charge in [0.05, 0.1) is 18.1 Å². The molecule has 1 fully saturated rings. The van der Waals surface area contributed by atoms with Gasteiger partial charge in [-0.25, -0.2) is 0 Å². The van der Waals surface area contributed by atoms with Crippen LogP contribution in [0.15, 0.2) is 22.8 Å². The number of carbonyl (C=O) groups excluding carboxylic acids is 1. The van der Waals surface area contributed by atoms with Crippen LogP contribution in [0.4, 0.5) is 0 Å². The number of hydrogen-bond acceptors (Lipinski definition) is 4. The van der Waals surface area contributed by atoms with Crippen LogP contribution in [0.25, 0.3) is 0 Å². The minimum absolute atomic E-state index is 0.0545. The fourth-order valence-corrected chi connectivity index (χ4v) is 3.09. The molecule has 1 amide bonds. The van der Waals surface area contributed by atoms with Crippen molar-refractivity contribution in [3.63, 3.8) is 0 Å². The molecule has 1 aromatic rings. The van der Waals surface area contributed by atoms with E-state index in [1.54, 1.807) is 18.0 Å². The van der Waals surface area contributed by atoms with Crippen LogP contribution >= 0.6 is 11.8 Å². The van der Waals surface area contributed by atoms with Gasteiger partial charge in [-0.1, -0.05) is 0 Å². The normalized spacial score (nSPS) is 18.5. The molecule has 0 aliphatic carbocycles. The van der Waals surface area contributed by atoms with E-state index in [0.29, 0.717) is 11.0 Å². The Labute approximate surface area is 112 Å². The quantitative estimate of drug-likeness (QED) is 0.857. The van der Waals surface area contributed by atoms with Gasteiger partial charge in [0.25, 0.3) is 0 Å². The van der Waals surface area contributed by atoms with Crippen molar-refractivity contribution in [2.75, 3.05) is 18.8 Å². The Balaban J connectivity index is 1.68. The number of amides is 1. The van der Waals surface area contributed by atoms with Gasteiger partial charge in [-0.05, 0) is 45.0 Å². The summed E-state index contributed by atoms with van der Waals surface area (Å²) in [6.45, 7) is 4.08. The SMILES string of the molecule is C[C@H](NC(=O)CSC1CCNCC1)c1ccco1. The Morgan fingerprint density at radius 2 is 2.39 bits per heavy atom. The van der Waals surface area contributed by atoms with Gasteiger partial charge in [-0.2, -0.15) is 0 Å². The average Bonchev–Trinajstić information content (AvgIpc) is 2.91. The number of thioether (sulfide) groups is 1. The molecule has 4 nitrogen and oxygen atoms in total. The molecule has 1 aliphatic heterocycles. The molecular weight excluding hydrogens is 248 g/mol. The van der Waals surface area contributed by atoms with E-state index in [0.717, 1.165) is 31.7 Å². The predicted octanol–water partition coefficient (Wildman–Crippen LogP) is 1.94. The van der Waals surface area contributed by atoms with E-state index < -0.39 is 0 Å². The first-order chi connectivity index (χ1) is 8.75. The molecule has 0 aromatic carbocycles. The fourth-order valence-electron chi connectivity index (χ4n) is 2.05. The Hall–Kier alpha value is -0.940. The van der Waals surface area contributed by atoms with Gasteiger partial charge in [0.1, 0.15) is 5.76 Å². The number of carbonyl (C=O) groups is 1. The summed E-state index contributed by atoms with van der Waals surface area (Å²) in [5.74, 6) is 1.42. The summed E-state index contributed by atoms with van der Waals surface area (Å²) in [5, 5.41) is 6.90. The predicted molar refractivity (Wildman–Crippen MR) is 73.6 cm³/mol. The zero-order valence-corrected chi connectivity index (χ0v) is 11.5. The smallest absolute Gasteiger partial charge is 0.230 e. The van der Waals surface area contributed by atoms with E-state index in [9.17, 15) is 4.79 Å². The van der Waals surface area contributed by atoms with E-state index >= 15 is 0 Å². The highest BCUT2D eigenvalue weighted by molar-refractivity contribution is 8.00. The maximum Gasteiger partial charge on any atom is 0.230 e. The van der Waals surface area contributed by atoms with Crippen LogP contribution in [0.3, 0.4) is 0 Å². The van der Waals surface area contributed by atoms with Gasteiger partial charge in [-0.15, -0.1) is 11.8 Å². The van der Waals surface area contributed by atoms with Crippen LogP contribution in [-0.2, 0) is 4.79 Å².